The normalized spacial score (nSPS) is 11.9. The van der Waals surface area contributed by atoms with Crippen molar-refractivity contribution >= 4 is 11.6 Å². The molecule has 1 N–H and O–H groups in total. The Hall–Kier alpha value is -3.21. The van der Waals surface area contributed by atoms with E-state index in [4.69, 9.17) is 11.6 Å². The largest absolute Gasteiger partial charge is 0.418 e. The van der Waals surface area contributed by atoms with Crippen LogP contribution in [-0.2, 0) is 19.1 Å². The van der Waals surface area contributed by atoms with E-state index >= 15 is 0 Å². The third kappa shape index (κ3) is 4.46. The van der Waals surface area contributed by atoms with Crippen molar-refractivity contribution in [3.05, 3.63) is 58.8 Å². The van der Waals surface area contributed by atoms with Gasteiger partial charge in [0.25, 0.3) is 0 Å². The van der Waals surface area contributed by atoms with Crippen LogP contribution in [0.15, 0.2) is 36.5 Å². The second-order valence-electron chi connectivity index (χ2n) is 6.92. The lowest BCUT2D eigenvalue weighted by Gasteiger charge is -2.12. The number of hydrogen-bond donors (Lipinski definition) is 1. The zero-order chi connectivity index (χ0) is 22.0. The van der Waals surface area contributed by atoms with Gasteiger partial charge in [0.05, 0.1) is 12.1 Å². The van der Waals surface area contributed by atoms with E-state index < -0.39 is 11.7 Å². The zero-order valence-electron chi connectivity index (χ0n) is 16.4. The summed E-state index contributed by atoms with van der Waals surface area (Å²) >= 11 is 5.96. The third-order valence-corrected chi connectivity index (χ3v) is 4.94. The molecule has 12 heteroatoms. The van der Waals surface area contributed by atoms with Gasteiger partial charge in [-0.25, -0.2) is 14.8 Å². The molecule has 0 aliphatic heterocycles. The van der Waals surface area contributed by atoms with Gasteiger partial charge in [0.15, 0.2) is 5.82 Å². The maximum Gasteiger partial charge on any atom is 0.418 e. The molecule has 1 aromatic carbocycles. The summed E-state index contributed by atoms with van der Waals surface area (Å²) in [5.74, 6) is 0.732. The lowest BCUT2D eigenvalue weighted by molar-refractivity contribution is -0.137. The van der Waals surface area contributed by atoms with Crippen molar-refractivity contribution in [2.24, 2.45) is 0 Å². The van der Waals surface area contributed by atoms with Gasteiger partial charge in [-0.3, -0.25) is 0 Å². The fourth-order valence-electron chi connectivity index (χ4n) is 3.30. The molecule has 0 saturated carbocycles. The van der Waals surface area contributed by atoms with Crippen LogP contribution in [0.25, 0.3) is 17.2 Å². The first-order valence-corrected chi connectivity index (χ1v) is 9.95. The Balaban J connectivity index is 1.64. The van der Waals surface area contributed by atoms with Crippen molar-refractivity contribution in [1.29, 1.82) is 0 Å². The summed E-state index contributed by atoms with van der Waals surface area (Å²) in [5, 5.41) is 17.3. The molecule has 8 nitrogen and oxygen atoms in total. The van der Waals surface area contributed by atoms with Crippen LogP contribution < -0.4 is 0 Å². The Morgan fingerprint density at radius 1 is 1.13 bits per heavy atom. The Morgan fingerprint density at radius 2 is 1.90 bits per heavy atom. The molecule has 162 valence electrons. The van der Waals surface area contributed by atoms with E-state index in [1.54, 1.807) is 16.8 Å². The molecule has 0 aliphatic carbocycles. The summed E-state index contributed by atoms with van der Waals surface area (Å²) in [6.45, 7) is 2.55. The molecule has 3 heterocycles. The molecule has 0 fully saturated rings. The number of H-pyrrole nitrogens is 1. The summed E-state index contributed by atoms with van der Waals surface area (Å²) in [5.41, 5.74) is 0.464. The average Bonchev–Trinajstić information content (AvgIpc) is 3.46. The van der Waals surface area contributed by atoms with Crippen LogP contribution in [0.2, 0.25) is 5.28 Å². The van der Waals surface area contributed by atoms with Gasteiger partial charge in [-0.05, 0) is 52.2 Å². The second-order valence-corrected chi connectivity index (χ2v) is 7.26. The summed E-state index contributed by atoms with van der Waals surface area (Å²) in [6, 6.07) is 8.11. The van der Waals surface area contributed by atoms with Crippen molar-refractivity contribution in [3.63, 3.8) is 0 Å². The molecule has 0 unspecified atom stereocenters. The number of alkyl halides is 3. The van der Waals surface area contributed by atoms with Gasteiger partial charge in [-0.15, -0.1) is 10.2 Å². The fraction of sp³-hybridized carbons (Fsp3) is 0.316. The Kier molecular flexibility index (Phi) is 5.77. The number of halogens is 4. The summed E-state index contributed by atoms with van der Waals surface area (Å²) < 4.78 is 43.6. The number of nitrogens with zero attached hydrogens (tertiary/aromatic N) is 7. The summed E-state index contributed by atoms with van der Waals surface area (Å²) in [4.78, 5) is 4.26. The molecule has 4 aromatic rings. The fourth-order valence-corrected chi connectivity index (χ4v) is 3.49. The van der Waals surface area contributed by atoms with Crippen LogP contribution in [0.3, 0.4) is 0 Å². The van der Waals surface area contributed by atoms with Crippen molar-refractivity contribution in [3.8, 4) is 17.2 Å². The molecule has 0 saturated heterocycles. The SMILES string of the molecule is CCCCc1nc(Cl)nn1Cc1ccc(-n2ccc(C(F)(F)F)c2-c2nnn[nH]2)cc1. The molecule has 0 atom stereocenters. The number of hydrogen-bond acceptors (Lipinski definition) is 5. The molecule has 3 aromatic heterocycles. The topological polar surface area (TPSA) is 90.1 Å². The zero-order valence-corrected chi connectivity index (χ0v) is 17.2. The van der Waals surface area contributed by atoms with E-state index in [2.05, 4.69) is 37.6 Å². The smallest absolute Gasteiger partial charge is 0.313 e. The lowest BCUT2D eigenvalue weighted by atomic mass is 10.2. The first kappa shape index (κ1) is 21.0. The van der Waals surface area contributed by atoms with Gasteiger partial charge < -0.3 is 4.57 Å². The third-order valence-electron chi connectivity index (χ3n) is 4.78. The number of aromatic amines is 1. The standard InChI is InChI=1S/C19H18ClF3N8/c1-2-3-4-15-24-18(20)27-31(15)11-12-5-7-13(8-6-12)30-10-9-14(19(21,22)23)16(30)17-25-28-29-26-17/h5-10H,2-4,11H2,1H3,(H,25,26,28,29). The molecular weight excluding hydrogens is 433 g/mol. The van der Waals surface area contributed by atoms with E-state index in [0.29, 0.717) is 12.2 Å². The van der Waals surface area contributed by atoms with Gasteiger partial charge in [0, 0.05) is 18.3 Å². The average molecular weight is 451 g/mol. The maximum atomic E-state index is 13.5. The van der Waals surface area contributed by atoms with Crippen LogP contribution in [-0.4, -0.2) is 40.0 Å². The number of unbranched alkanes of at least 4 members (excludes halogenated alkanes) is 1. The predicted molar refractivity (Wildman–Crippen MR) is 107 cm³/mol. The Morgan fingerprint density at radius 3 is 2.55 bits per heavy atom. The lowest BCUT2D eigenvalue weighted by Crippen LogP contribution is -2.09. The van der Waals surface area contributed by atoms with E-state index in [1.807, 2.05) is 12.1 Å². The van der Waals surface area contributed by atoms with Crippen molar-refractivity contribution in [2.75, 3.05) is 0 Å². The highest BCUT2D eigenvalue weighted by atomic mass is 35.5. The molecule has 0 amide bonds. The molecule has 4 rings (SSSR count). The molecule has 0 aliphatic rings. The first-order valence-electron chi connectivity index (χ1n) is 9.58. The van der Waals surface area contributed by atoms with Gasteiger partial charge in [0.2, 0.25) is 5.28 Å². The number of benzene rings is 1. The quantitative estimate of drug-likeness (QED) is 0.453. The summed E-state index contributed by atoms with van der Waals surface area (Å²) in [7, 11) is 0. The van der Waals surface area contributed by atoms with E-state index in [9.17, 15) is 13.2 Å². The van der Waals surface area contributed by atoms with Crippen molar-refractivity contribution in [1.82, 2.24) is 40.0 Å². The summed E-state index contributed by atoms with van der Waals surface area (Å²) in [6.07, 6.45) is -0.432. The minimum atomic E-state index is -4.55. The van der Waals surface area contributed by atoms with Gasteiger partial charge in [-0.1, -0.05) is 25.5 Å². The highest BCUT2D eigenvalue weighted by Crippen LogP contribution is 2.37. The van der Waals surface area contributed by atoms with Gasteiger partial charge in [0.1, 0.15) is 11.5 Å². The van der Waals surface area contributed by atoms with Crippen LogP contribution >= 0.6 is 11.6 Å². The van der Waals surface area contributed by atoms with Crippen LogP contribution in [0.5, 0.6) is 0 Å². The van der Waals surface area contributed by atoms with E-state index in [1.165, 1.54) is 10.8 Å². The number of aromatic nitrogens is 8. The monoisotopic (exact) mass is 450 g/mol. The second kappa shape index (κ2) is 8.50. The van der Waals surface area contributed by atoms with Crippen molar-refractivity contribution < 1.29 is 13.2 Å². The van der Waals surface area contributed by atoms with E-state index in [0.717, 1.165) is 36.7 Å². The Bertz CT molecular complexity index is 1150. The maximum absolute atomic E-state index is 13.5. The predicted octanol–water partition coefficient (Wildman–Crippen LogP) is 4.31. The van der Waals surface area contributed by atoms with Crippen molar-refractivity contribution in [2.45, 2.75) is 38.9 Å². The minimum absolute atomic E-state index is 0.0702. The first-order chi connectivity index (χ1) is 14.9. The van der Waals surface area contributed by atoms with E-state index in [-0.39, 0.29) is 16.8 Å². The molecule has 0 spiro atoms. The van der Waals surface area contributed by atoms with Gasteiger partial charge >= 0.3 is 6.18 Å². The molecule has 0 radical (unpaired) electrons. The van der Waals surface area contributed by atoms with Crippen LogP contribution in [0.1, 0.15) is 36.7 Å². The highest BCUT2D eigenvalue weighted by molar-refractivity contribution is 6.28. The molecule has 0 bridgehead atoms. The number of nitrogens with one attached hydrogen (secondary N) is 1. The Labute approximate surface area is 180 Å². The number of rotatable bonds is 7. The molecular formula is C19H18ClF3N8. The number of tetrazole rings is 1. The van der Waals surface area contributed by atoms with Gasteiger partial charge in [-0.2, -0.15) is 13.2 Å². The number of aryl methyl sites for hydroxylation is 1. The van der Waals surface area contributed by atoms with Crippen LogP contribution in [0, 0.1) is 0 Å². The van der Waals surface area contributed by atoms with Crippen LogP contribution in [0.4, 0.5) is 13.2 Å². The molecule has 31 heavy (non-hydrogen) atoms. The highest BCUT2D eigenvalue weighted by Gasteiger charge is 2.37. The minimum Gasteiger partial charge on any atom is -0.313 e.